The van der Waals surface area contributed by atoms with Crippen molar-refractivity contribution < 1.29 is 14.3 Å². The number of nitrogens with one attached hydrogen (secondary N) is 2. The molecule has 0 saturated heterocycles. The molecule has 0 fully saturated rings. The first-order valence-electron chi connectivity index (χ1n) is 10.1. The van der Waals surface area contributed by atoms with E-state index in [9.17, 15) is 4.79 Å². The van der Waals surface area contributed by atoms with Crippen LogP contribution in [0.5, 0.6) is 10.9 Å². The second kappa shape index (κ2) is 9.46. The van der Waals surface area contributed by atoms with E-state index in [1.165, 1.54) is 0 Å². The molecule has 5 aromatic rings. The van der Waals surface area contributed by atoms with Crippen LogP contribution in [0.4, 0.5) is 5.13 Å². The van der Waals surface area contributed by atoms with Crippen molar-refractivity contribution >= 4 is 45.0 Å². The van der Waals surface area contributed by atoms with Gasteiger partial charge < -0.3 is 14.5 Å². The zero-order valence-electron chi connectivity index (χ0n) is 17.8. The highest BCUT2D eigenvalue weighted by Gasteiger charge is 2.20. The van der Waals surface area contributed by atoms with Crippen LogP contribution in [0.2, 0.25) is 5.02 Å². The Labute approximate surface area is 202 Å². The number of fused-ring (bicyclic) bond motifs is 1. The Morgan fingerprint density at radius 2 is 2.06 bits per heavy atom. The predicted molar refractivity (Wildman–Crippen MR) is 130 cm³/mol. The third kappa shape index (κ3) is 4.54. The lowest BCUT2D eigenvalue weighted by atomic mass is 10.0. The average molecular weight is 493 g/mol. The zero-order chi connectivity index (χ0) is 23.5. The van der Waals surface area contributed by atoms with Crippen molar-refractivity contribution in [3.63, 3.8) is 0 Å². The SMILES string of the molecule is COc1ccccc1-c1nc2[nH]ccc2cc1C(=O)Nc1nnc(OCc2ccc(Cl)cn2)s1. The number of methoxy groups -OCH3 is 1. The number of anilines is 1. The van der Waals surface area contributed by atoms with Gasteiger partial charge in [-0.15, -0.1) is 5.10 Å². The van der Waals surface area contributed by atoms with E-state index in [2.05, 4.69) is 30.5 Å². The maximum Gasteiger partial charge on any atom is 0.296 e. The molecule has 1 aromatic carbocycles. The Bertz CT molecular complexity index is 1470. The second-order valence-electron chi connectivity index (χ2n) is 7.08. The Kier molecular flexibility index (Phi) is 6.07. The number of H-pyrrole nitrogens is 1. The fourth-order valence-corrected chi connectivity index (χ4v) is 4.01. The van der Waals surface area contributed by atoms with Crippen molar-refractivity contribution in [2.75, 3.05) is 12.4 Å². The molecule has 1 amide bonds. The lowest BCUT2D eigenvalue weighted by Gasteiger charge is -2.12. The van der Waals surface area contributed by atoms with Gasteiger partial charge in [0, 0.05) is 23.3 Å². The molecular weight excluding hydrogens is 476 g/mol. The molecule has 170 valence electrons. The maximum atomic E-state index is 13.3. The van der Waals surface area contributed by atoms with Crippen LogP contribution in [0.1, 0.15) is 16.1 Å². The number of halogens is 1. The van der Waals surface area contributed by atoms with Gasteiger partial charge in [0.2, 0.25) is 5.13 Å². The fourth-order valence-electron chi connectivity index (χ4n) is 3.31. The van der Waals surface area contributed by atoms with Gasteiger partial charge in [-0.05, 0) is 47.7 Å². The summed E-state index contributed by atoms with van der Waals surface area (Å²) in [6.45, 7) is 0.200. The van der Waals surface area contributed by atoms with Crippen molar-refractivity contribution in [2.24, 2.45) is 0 Å². The zero-order valence-corrected chi connectivity index (χ0v) is 19.4. The van der Waals surface area contributed by atoms with Crippen LogP contribution in [-0.4, -0.2) is 38.2 Å². The third-order valence-corrected chi connectivity index (χ3v) is 5.88. The minimum atomic E-state index is -0.376. The Morgan fingerprint density at radius 1 is 1.18 bits per heavy atom. The standard InChI is InChI=1S/C23H17ClN6O3S/c1-32-18-5-3-2-4-16(18)19-17(10-13-8-9-25-20(13)27-19)21(31)28-22-29-30-23(34-22)33-12-15-7-6-14(24)11-26-15/h2-11H,12H2,1H3,(H,25,27)(H,28,29,31). The van der Waals surface area contributed by atoms with Crippen LogP contribution in [-0.2, 0) is 6.61 Å². The second-order valence-corrected chi connectivity index (χ2v) is 8.46. The van der Waals surface area contributed by atoms with Gasteiger partial charge >= 0.3 is 0 Å². The van der Waals surface area contributed by atoms with E-state index < -0.39 is 0 Å². The summed E-state index contributed by atoms with van der Waals surface area (Å²) in [6, 6.07) is 14.5. The molecule has 2 N–H and O–H groups in total. The summed E-state index contributed by atoms with van der Waals surface area (Å²) in [4.78, 5) is 25.2. The monoisotopic (exact) mass is 492 g/mol. The van der Waals surface area contributed by atoms with E-state index in [-0.39, 0.29) is 12.5 Å². The van der Waals surface area contributed by atoms with Gasteiger partial charge in [0.25, 0.3) is 11.1 Å². The molecule has 4 heterocycles. The third-order valence-electron chi connectivity index (χ3n) is 4.90. The van der Waals surface area contributed by atoms with Gasteiger partial charge in [0.1, 0.15) is 18.0 Å². The molecule has 0 bridgehead atoms. The lowest BCUT2D eigenvalue weighted by Crippen LogP contribution is -2.14. The predicted octanol–water partition coefficient (Wildman–Crippen LogP) is 4.97. The minimum absolute atomic E-state index is 0.200. The van der Waals surface area contributed by atoms with Gasteiger partial charge in [0.15, 0.2) is 0 Å². The summed E-state index contributed by atoms with van der Waals surface area (Å²) in [6.07, 6.45) is 3.32. The van der Waals surface area contributed by atoms with Crippen molar-refractivity contribution in [3.8, 4) is 22.2 Å². The fraction of sp³-hybridized carbons (Fsp3) is 0.0870. The summed E-state index contributed by atoms with van der Waals surface area (Å²) >= 11 is 6.96. The number of carbonyl (C=O) groups is 1. The van der Waals surface area contributed by atoms with E-state index in [0.29, 0.717) is 49.3 Å². The molecule has 9 nitrogen and oxygen atoms in total. The number of nitrogens with zero attached hydrogens (tertiary/aromatic N) is 4. The highest BCUT2D eigenvalue weighted by molar-refractivity contribution is 7.17. The van der Waals surface area contributed by atoms with E-state index in [1.807, 2.05) is 30.3 Å². The van der Waals surface area contributed by atoms with Crippen LogP contribution in [0.3, 0.4) is 0 Å². The van der Waals surface area contributed by atoms with Crippen molar-refractivity contribution in [1.29, 1.82) is 0 Å². The average Bonchev–Trinajstić information content (AvgIpc) is 3.51. The maximum absolute atomic E-state index is 13.3. The number of aromatic amines is 1. The minimum Gasteiger partial charge on any atom is -0.496 e. The molecule has 0 atom stereocenters. The number of benzene rings is 1. The molecule has 0 unspecified atom stereocenters. The lowest BCUT2D eigenvalue weighted by molar-refractivity contribution is 0.102. The summed E-state index contributed by atoms with van der Waals surface area (Å²) in [7, 11) is 1.58. The Morgan fingerprint density at radius 3 is 2.88 bits per heavy atom. The van der Waals surface area contributed by atoms with Crippen LogP contribution >= 0.6 is 22.9 Å². The van der Waals surface area contributed by atoms with Gasteiger partial charge in [-0.3, -0.25) is 15.1 Å². The number of hydrogen-bond donors (Lipinski definition) is 2. The summed E-state index contributed by atoms with van der Waals surface area (Å²) in [5, 5.41) is 12.7. The summed E-state index contributed by atoms with van der Waals surface area (Å²) in [5.41, 5.74) is 2.92. The van der Waals surface area contributed by atoms with Crippen LogP contribution in [0.25, 0.3) is 22.3 Å². The van der Waals surface area contributed by atoms with Gasteiger partial charge in [-0.25, -0.2) is 4.98 Å². The largest absolute Gasteiger partial charge is 0.496 e. The molecule has 0 spiro atoms. The molecule has 0 aliphatic heterocycles. The highest BCUT2D eigenvalue weighted by Crippen LogP contribution is 2.33. The molecule has 0 saturated carbocycles. The quantitative estimate of drug-likeness (QED) is 0.329. The van der Waals surface area contributed by atoms with Gasteiger partial charge in [0.05, 0.1) is 29.1 Å². The molecule has 0 radical (unpaired) electrons. The summed E-state index contributed by atoms with van der Waals surface area (Å²) in [5.74, 6) is 0.232. The molecule has 11 heteroatoms. The molecule has 0 aliphatic carbocycles. The van der Waals surface area contributed by atoms with Gasteiger partial charge in [-0.2, -0.15) is 0 Å². The summed E-state index contributed by atoms with van der Waals surface area (Å²) < 4.78 is 11.1. The molecule has 0 aliphatic rings. The van der Waals surface area contributed by atoms with Gasteiger partial charge in [-0.1, -0.05) is 28.8 Å². The number of para-hydroxylation sites is 1. The number of pyridine rings is 2. The number of carbonyl (C=O) groups excluding carboxylic acids is 1. The number of aromatic nitrogens is 5. The smallest absolute Gasteiger partial charge is 0.296 e. The molecule has 5 rings (SSSR count). The Hall–Kier alpha value is -4.02. The first-order chi connectivity index (χ1) is 16.6. The van der Waals surface area contributed by atoms with E-state index in [4.69, 9.17) is 21.1 Å². The number of rotatable bonds is 7. The van der Waals surface area contributed by atoms with Crippen LogP contribution in [0.15, 0.2) is 60.9 Å². The first kappa shape index (κ1) is 21.8. The van der Waals surface area contributed by atoms with Crippen molar-refractivity contribution in [2.45, 2.75) is 6.61 Å². The van der Waals surface area contributed by atoms with Crippen LogP contribution in [0, 0.1) is 0 Å². The molecular formula is C23H17ClN6O3S. The normalized spacial score (nSPS) is 10.9. The highest BCUT2D eigenvalue weighted by atomic mass is 35.5. The number of hydrogen-bond acceptors (Lipinski definition) is 8. The van der Waals surface area contributed by atoms with E-state index in [1.54, 1.807) is 37.7 Å². The van der Waals surface area contributed by atoms with Crippen molar-refractivity contribution in [3.05, 3.63) is 77.2 Å². The molecule has 4 aromatic heterocycles. The topological polar surface area (TPSA) is 115 Å². The number of amides is 1. The van der Waals surface area contributed by atoms with Crippen LogP contribution < -0.4 is 14.8 Å². The van der Waals surface area contributed by atoms with E-state index >= 15 is 0 Å². The van der Waals surface area contributed by atoms with E-state index in [0.717, 1.165) is 16.7 Å². The van der Waals surface area contributed by atoms with Crippen molar-refractivity contribution in [1.82, 2.24) is 25.1 Å². The molecule has 34 heavy (non-hydrogen) atoms. The Balaban J connectivity index is 1.39. The number of ether oxygens (including phenoxy) is 2. The first-order valence-corrected chi connectivity index (χ1v) is 11.3.